The van der Waals surface area contributed by atoms with Crippen LogP contribution in [0.3, 0.4) is 0 Å². The Morgan fingerprint density at radius 3 is 2.83 bits per heavy atom. The van der Waals surface area contributed by atoms with Crippen LogP contribution in [0.25, 0.3) is 0 Å². The molecule has 0 spiro atoms. The van der Waals surface area contributed by atoms with Gasteiger partial charge in [-0.15, -0.1) is 0 Å². The van der Waals surface area contributed by atoms with Gasteiger partial charge in [0.1, 0.15) is 5.75 Å². The van der Waals surface area contributed by atoms with Crippen molar-refractivity contribution in [2.75, 3.05) is 25.1 Å². The third kappa shape index (κ3) is 6.28. The molecule has 0 heterocycles. The first-order valence-electron chi connectivity index (χ1n) is 8.28. The lowest BCUT2D eigenvalue weighted by Crippen LogP contribution is -2.30. The molecule has 5 nitrogen and oxygen atoms in total. The van der Waals surface area contributed by atoms with Crippen LogP contribution in [0.4, 0.5) is 10.5 Å². The first kappa shape index (κ1) is 17.9. The van der Waals surface area contributed by atoms with Gasteiger partial charge in [-0.2, -0.15) is 0 Å². The maximum Gasteiger partial charge on any atom is 0.319 e. The zero-order valence-corrected chi connectivity index (χ0v) is 14.3. The number of benzene rings is 1. The van der Waals surface area contributed by atoms with Gasteiger partial charge in [0.2, 0.25) is 0 Å². The SMILES string of the molecule is CCOCCCNC(=O)Nc1ccc(OC2CCCC2)c(Cl)c1. The number of ether oxygens (including phenoxy) is 2. The Morgan fingerprint density at radius 1 is 1.35 bits per heavy atom. The van der Waals surface area contributed by atoms with Crippen LogP contribution in [0.1, 0.15) is 39.0 Å². The minimum atomic E-state index is -0.248. The molecular weight excluding hydrogens is 316 g/mol. The van der Waals surface area contributed by atoms with Gasteiger partial charge in [0, 0.05) is 25.4 Å². The third-order valence-corrected chi connectivity index (χ3v) is 4.04. The summed E-state index contributed by atoms with van der Waals surface area (Å²) < 4.78 is 11.1. The van der Waals surface area contributed by atoms with E-state index in [4.69, 9.17) is 21.1 Å². The second-order valence-corrected chi connectivity index (χ2v) is 6.01. The molecule has 0 aliphatic heterocycles. The first-order valence-corrected chi connectivity index (χ1v) is 8.65. The number of halogens is 1. The summed E-state index contributed by atoms with van der Waals surface area (Å²) >= 11 is 6.24. The molecule has 2 amide bonds. The second kappa shape index (κ2) is 9.63. The number of nitrogens with one attached hydrogen (secondary N) is 2. The van der Waals surface area contributed by atoms with Crippen molar-refractivity contribution in [2.24, 2.45) is 0 Å². The fourth-order valence-corrected chi connectivity index (χ4v) is 2.78. The molecule has 1 aromatic carbocycles. The monoisotopic (exact) mass is 340 g/mol. The molecule has 128 valence electrons. The van der Waals surface area contributed by atoms with Gasteiger partial charge in [-0.1, -0.05) is 11.6 Å². The fourth-order valence-electron chi connectivity index (χ4n) is 2.56. The van der Waals surface area contributed by atoms with Crippen LogP contribution in [0.5, 0.6) is 5.75 Å². The summed E-state index contributed by atoms with van der Waals surface area (Å²) in [5, 5.41) is 6.06. The van der Waals surface area contributed by atoms with Gasteiger partial charge >= 0.3 is 6.03 Å². The van der Waals surface area contributed by atoms with E-state index < -0.39 is 0 Å². The molecule has 0 aromatic heterocycles. The molecule has 2 rings (SSSR count). The van der Waals surface area contributed by atoms with Crippen molar-refractivity contribution in [1.29, 1.82) is 0 Å². The van der Waals surface area contributed by atoms with Crippen molar-refractivity contribution >= 4 is 23.3 Å². The van der Waals surface area contributed by atoms with Crippen LogP contribution in [0.15, 0.2) is 18.2 Å². The fraction of sp³-hybridized carbons (Fsp3) is 0.588. The Hall–Kier alpha value is -1.46. The molecule has 6 heteroatoms. The van der Waals surface area contributed by atoms with E-state index in [2.05, 4.69) is 10.6 Å². The number of hydrogen-bond donors (Lipinski definition) is 2. The number of hydrogen-bond acceptors (Lipinski definition) is 3. The summed E-state index contributed by atoms with van der Waals surface area (Å²) in [5.41, 5.74) is 0.649. The number of anilines is 1. The minimum absolute atomic E-state index is 0.248. The predicted molar refractivity (Wildman–Crippen MR) is 92.5 cm³/mol. The molecular formula is C17H25ClN2O3. The Balaban J connectivity index is 1.76. The van der Waals surface area contributed by atoms with Gasteiger partial charge in [0.05, 0.1) is 11.1 Å². The normalized spacial score (nSPS) is 14.7. The molecule has 2 N–H and O–H groups in total. The highest BCUT2D eigenvalue weighted by Crippen LogP contribution is 2.31. The molecule has 1 aliphatic rings. The molecule has 1 saturated carbocycles. The highest BCUT2D eigenvalue weighted by Gasteiger charge is 2.17. The second-order valence-electron chi connectivity index (χ2n) is 5.60. The van der Waals surface area contributed by atoms with Crippen molar-refractivity contribution < 1.29 is 14.3 Å². The summed E-state index contributed by atoms with van der Waals surface area (Å²) in [6.07, 6.45) is 5.65. The molecule has 1 fully saturated rings. The minimum Gasteiger partial charge on any atom is -0.489 e. The average Bonchev–Trinajstić information content (AvgIpc) is 3.03. The Bertz CT molecular complexity index is 505. The Kier molecular flexibility index (Phi) is 7.49. The highest BCUT2D eigenvalue weighted by atomic mass is 35.5. The quantitative estimate of drug-likeness (QED) is 0.697. The van der Waals surface area contributed by atoms with Crippen molar-refractivity contribution in [3.8, 4) is 5.75 Å². The number of rotatable bonds is 8. The van der Waals surface area contributed by atoms with Gasteiger partial charge in [0.25, 0.3) is 0 Å². The summed E-state index contributed by atoms with van der Waals surface area (Å²) in [5.74, 6) is 0.682. The lowest BCUT2D eigenvalue weighted by Gasteiger charge is -2.15. The number of carbonyl (C=O) groups excluding carboxylic acids is 1. The van der Waals surface area contributed by atoms with Crippen molar-refractivity contribution in [3.05, 3.63) is 23.2 Å². The number of carbonyl (C=O) groups is 1. The first-order chi connectivity index (χ1) is 11.2. The van der Waals surface area contributed by atoms with Crippen LogP contribution in [-0.4, -0.2) is 31.9 Å². The standard InChI is InChI=1S/C17H25ClN2O3/c1-2-22-11-5-10-19-17(21)20-13-8-9-16(15(18)12-13)23-14-6-3-4-7-14/h8-9,12,14H,2-7,10-11H2,1H3,(H2,19,20,21). The van der Waals surface area contributed by atoms with Crippen LogP contribution in [0.2, 0.25) is 5.02 Å². The lowest BCUT2D eigenvalue weighted by molar-refractivity contribution is 0.145. The zero-order chi connectivity index (χ0) is 16.5. The van der Waals surface area contributed by atoms with Crippen molar-refractivity contribution in [3.63, 3.8) is 0 Å². The van der Waals surface area contributed by atoms with Crippen LogP contribution in [0, 0.1) is 0 Å². The Labute approximate surface area is 142 Å². The predicted octanol–water partition coefficient (Wildman–Crippen LogP) is 4.21. The topological polar surface area (TPSA) is 59.6 Å². The summed E-state index contributed by atoms with van der Waals surface area (Å²) in [4.78, 5) is 11.8. The molecule has 1 aliphatic carbocycles. The molecule has 0 saturated heterocycles. The van der Waals surface area contributed by atoms with Crippen molar-refractivity contribution in [1.82, 2.24) is 5.32 Å². The summed E-state index contributed by atoms with van der Waals surface area (Å²) in [6, 6.07) is 5.08. The van der Waals surface area contributed by atoms with E-state index in [0.717, 1.165) is 19.3 Å². The summed E-state index contributed by atoms with van der Waals surface area (Å²) in [7, 11) is 0. The average molecular weight is 341 g/mol. The van der Waals surface area contributed by atoms with Gasteiger partial charge in [-0.3, -0.25) is 0 Å². The van der Waals surface area contributed by atoms with Crippen molar-refractivity contribution in [2.45, 2.75) is 45.1 Å². The molecule has 0 atom stereocenters. The van der Waals surface area contributed by atoms with E-state index in [-0.39, 0.29) is 12.1 Å². The van der Waals surface area contributed by atoms with E-state index >= 15 is 0 Å². The number of amides is 2. The van der Waals surface area contributed by atoms with Gasteiger partial charge in [-0.25, -0.2) is 4.79 Å². The van der Waals surface area contributed by atoms with Gasteiger partial charge < -0.3 is 20.1 Å². The molecule has 23 heavy (non-hydrogen) atoms. The lowest BCUT2D eigenvalue weighted by atomic mass is 10.2. The van der Waals surface area contributed by atoms with Crippen LogP contribution in [-0.2, 0) is 4.74 Å². The molecule has 1 aromatic rings. The van der Waals surface area contributed by atoms with E-state index in [0.29, 0.717) is 36.2 Å². The third-order valence-electron chi connectivity index (χ3n) is 3.74. The summed E-state index contributed by atoms with van der Waals surface area (Å²) in [6.45, 7) is 3.86. The van der Waals surface area contributed by atoms with E-state index in [1.165, 1.54) is 12.8 Å². The van der Waals surface area contributed by atoms with Gasteiger partial charge in [-0.05, 0) is 57.2 Å². The highest BCUT2D eigenvalue weighted by molar-refractivity contribution is 6.32. The van der Waals surface area contributed by atoms with E-state index in [9.17, 15) is 4.79 Å². The molecule has 0 bridgehead atoms. The van der Waals surface area contributed by atoms with Crippen LogP contribution >= 0.6 is 11.6 Å². The van der Waals surface area contributed by atoms with Crippen LogP contribution < -0.4 is 15.4 Å². The maximum absolute atomic E-state index is 11.8. The smallest absolute Gasteiger partial charge is 0.319 e. The maximum atomic E-state index is 11.8. The molecule has 0 radical (unpaired) electrons. The Morgan fingerprint density at radius 2 is 2.13 bits per heavy atom. The largest absolute Gasteiger partial charge is 0.489 e. The zero-order valence-electron chi connectivity index (χ0n) is 13.6. The van der Waals surface area contributed by atoms with Gasteiger partial charge in [0.15, 0.2) is 0 Å². The molecule has 0 unspecified atom stereocenters. The number of urea groups is 1. The van der Waals surface area contributed by atoms with E-state index in [1.54, 1.807) is 12.1 Å². The van der Waals surface area contributed by atoms with E-state index in [1.807, 2.05) is 13.0 Å².